The maximum atomic E-state index is 2.43. The van der Waals surface area contributed by atoms with Gasteiger partial charge in [0.05, 0.1) is 5.69 Å². The Morgan fingerprint density at radius 1 is 0.233 bits per heavy atom. The first kappa shape index (κ1) is 36.8. The second-order valence-corrected chi connectivity index (χ2v) is 19.1. The summed E-state index contributed by atoms with van der Waals surface area (Å²) < 4.78 is 0. The molecule has 0 aliphatic carbocycles. The van der Waals surface area contributed by atoms with Crippen LogP contribution in [0.3, 0.4) is 0 Å². The fourth-order valence-electron chi connectivity index (χ4n) is 8.99. The minimum absolute atomic E-state index is 1.10. The molecule has 0 aliphatic rings. The van der Waals surface area contributed by atoms with Crippen molar-refractivity contribution in [1.29, 1.82) is 0 Å². The van der Waals surface area contributed by atoms with Crippen LogP contribution >= 0.6 is 0 Å². The van der Waals surface area contributed by atoms with Crippen molar-refractivity contribution < 1.29 is 0 Å². The molecule has 1 nitrogen and oxygen atoms in total. The maximum absolute atomic E-state index is 2.69. The van der Waals surface area contributed by atoms with Gasteiger partial charge in [0.15, 0.2) is 8.07 Å². The molecule has 0 saturated heterocycles. The first-order valence-corrected chi connectivity index (χ1v) is 22.7. The molecular weight excluding hydrogens is 739 g/mol. The quantitative estimate of drug-likeness (QED) is 0.0987. The van der Waals surface area contributed by atoms with Gasteiger partial charge >= 0.3 is 0 Å². The number of anilines is 3. The van der Waals surface area contributed by atoms with Crippen LogP contribution in [0.25, 0.3) is 44.2 Å². The lowest BCUT2D eigenvalue weighted by Gasteiger charge is -2.35. The largest absolute Gasteiger partial charge is 0.310 e. The molecule has 0 unspecified atom stereocenters. The summed E-state index contributed by atoms with van der Waals surface area (Å²) in [6.45, 7) is 0. The Labute approximate surface area is 354 Å². The van der Waals surface area contributed by atoms with E-state index in [1.54, 1.807) is 0 Å². The van der Waals surface area contributed by atoms with Crippen LogP contribution in [0.4, 0.5) is 17.1 Å². The van der Waals surface area contributed by atoms with E-state index in [4.69, 9.17) is 0 Å². The van der Waals surface area contributed by atoms with Crippen LogP contribution in [0, 0.1) is 0 Å². The van der Waals surface area contributed by atoms with Gasteiger partial charge in [-0.1, -0.05) is 231 Å². The molecule has 0 spiro atoms. The number of hydrogen-bond acceptors (Lipinski definition) is 1. The SMILES string of the molecule is c1ccc(-c2ccc(-c3ccc(N(c4ccc([Si](c5ccccc5)(c5ccccc5)c5ccccc5)cc4)c4ccc(-c5ccccc5)c5ccccc45)cc3)cc2)cc1. The van der Waals surface area contributed by atoms with E-state index in [1.165, 1.54) is 64.9 Å². The van der Waals surface area contributed by atoms with E-state index in [0.29, 0.717) is 0 Å². The molecule has 10 rings (SSSR count). The molecule has 0 aromatic heterocycles. The molecule has 0 heterocycles. The van der Waals surface area contributed by atoms with Gasteiger partial charge in [-0.15, -0.1) is 0 Å². The Bertz CT molecular complexity index is 2870. The zero-order valence-corrected chi connectivity index (χ0v) is 34.3. The molecule has 0 radical (unpaired) electrons. The predicted molar refractivity (Wildman–Crippen MR) is 259 cm³/mol. The van der Waals surface area contributed by atoms with Crippen LogP contribution in [0.2, 0.25) is 0 Å². The molecule has 0 atom stereocenters. The number of fused-ring (bicyclic) bond motifs is 1. The molecule has 0 aliphatic heterocycles. The van der Waals surface area contributed by atoms with Crippen molar-refractivity contribution in [2.45, 2.75) is 0 Å². The Kier molecular flexibility index (Phi) is 10.0. The fraction of sp³-hybridized carbons (Fsp3) is 0. The van der Waals surface area contributed by atoms with E-state index in [0.717, 1.165) is 17.1 Å². The molecule has 0 bridgehead atoms. The van der Waals surface area contributed by atoms with Crippen LogP contribution in [0.15, 0.2) is 261 Å². The third kappa shape index (κ3) is 6.83. The lowest BCUT2D eigenvalue weighted by atomic mass is 9.96. The number of nitrogens with zero attached hydrogens (tertiary/aromatic N) is 1. The van der Waals surface area contributed by atoms with Crippen molar-refractivity contribution in [3.63, 3.8) is 0 Å². The highest BCUT2D eigenvalue weighted by Gasteiger charge is 2.41. The van der Waals surface area contributed by atoms with Gasteiger partial charge in [0.25, 0.3) is 0 Å². The van der Waals surface area contributed by atoms with Gasteiger partial charge in [-0.2, -0.15) is 0 Å². The molecule has 0 fully saturated rings. The van der Waals surface area contributed by atoms with Gasteiger partial charge in [-0.05, 0) is 89.8 Å². The average Bonchev–Trinajstić information content (AvgIpc) is 3.34. The third-order valence-electron chi connectivity index (χ3n) is 11.9. The molecular formula is C58H43NSi. The number of rotatable bonds is 10. The van der Waals surface area contributed by atoms with E-state index in [2.05, 4.69) is 266 Å². The monoisotopic (exact) mass is 781 g/mol. The molecule has 10 aromatic rings. The second-order valence-electron chi connectivity index (χ2n) is 15.3. The smallest absolute Gasteiger partial charge is 0.179 e. The van der Waals surface area contributed by atoms with Crippen molar-refractivity contribution in [3.8, 4) is 33.4 Å². The van der Waals surface area contributed by atoms with Crippen LogP contribution in [0.1, 0.15) is 0 Å². The van der Waals surface area contributed by atoms with Gasteiger partial charge in [0, 0.05) is 16.8 Å². The van der Waals surface area contributed by atoms with Crippen molar-refractivity contribution in [2.24, 2.45) is 0 Å². The zero-order chi connectivity index (χ0) is 40.1. The van der Waals surface area contributed by atoms with E-state index in [-0.39, 0.29) is 0 Å². The van der Waals surface area contributed by atoms with Crippen molar-refractivity contribution in [2.75, 3.05) is 4.90 Å². The number of benzene rings is 10. The average molecular weight is 782 g/mol. The summed E-state index contributed by atoms with van der Waals surface area (Å²) in [6.07, 6.45) is 0. The van der Waals surface area contributed by atoms with Gasteiger partial charge in [-0.25, -0.2) is 0 Å². The topological polar surface area (TPSA) is 3.24 Å². The Hall–Kier alpha value is -7.52. The first-order valence-electron chi connectivity index (χ1n) is 20.7. The van der Waals surface area contributed by atoms with Gasteiger partial charge < -0.3 is 4.90 Å². The molecule has 2 heteroatoms. The molecule has 0 N–H and O–H groups in total. The highest BCUT2D eigenvalue weighted by Crippen LogP contribution is 2.42. The summed E-state index contributed by atoms with van der Waals surface area (Å²) in [5.74, 6) is 0. The van der Waals surface area contributed by atoms with Crippen molar-refractivity contribution in [3.05, 3.63) is 261 Å². The summed E-state index contributed by atoms with van der Waals surface area (Å²) >= 11 is 0. The third-order valence-corrected chi connectivity index (χ3v) is 16.7. The van der Waals surface area contributed by atoms with Crippen molar-refractivity contribution in [1.82, 2.24) is 0 Å². The lowest BCUT2D eigenvalue weighted by molar-refractivity contribution is 1.30. The summed E-state index contributed by atoms with van der Waals surface area (Å²) in [7, 11) is -2.69. The van der Waals surface area contributed by atoms with Gasteiger partial charge in [-0.3, -0.25) is 0 Å². The minimum atomic E-state index is -2.69. The molecule has 60 heavy (non-hydrogen) atoms. The van der Waals surface area contributed by atoms with Crippen LogP contribution in [-0.4, -0.2) is 8.07 Å². The highest BCUT2D eigenvalue weighted by atomic mass is 28.3. The van der Waals surface area contributed by atoms with E-state index >= 15 is 0 Å². The lowest BCUT2D eigenvalue weighted by Crippen LogP contribution is -2.74. The normalized spacial score (nSPS) is 11.3. The highest BCUT2D eigenvalue weighted by molar-refractivity contribution is 7.19. The zero-order valence-electron chi connectivity index (χ0n) is 33.3. The molecule has 10 aromatic carbocycles. The molecule has 0 amide bonds. The Balaban J connectivity index is 1.12. The van der Waals surface area contributed by atoms with E-state index in [1.807, 2.05) is 0 Å². The van der Waals surface area contributed by atoms with E-state index < -0.39 is 8.07 Å². The summed E-state index contributed by atoms with van der Waals surface area (Å²) in [4.78, 5) is 2.43. The van der Waals surface area contributed by atoms with Crippen molar-refractivity contribution >= 4 is 56.7 Å². The minimum Gasteiger partial charge on any atom is -0.310 e. The van der Waals surface area contributed by atoms with E-state index in [9.17, 15) is 0 Å². The summed E-state index contributed by atoms with van der Waals surface area (Å²) in [5, 5.41) is 7.85. The summed E-state index contributed by atoms with van der Waals surface area (Å²) in [6, 6.07) is 95.5. The standard InChI is InChI=1S/C58H43NSi/c1-6-18-44(19-7-1)45-30-32-46(33-31-45)47-34-36-49(37-35-47)59(58-43-42-55(48-20-8-2-9-21-48)56-28-16-17-29-57(56)58)50-38-40-54(41-39-50)60(51-22-10-3-11-23-51,52-24-12-4-13-25-52)53-26-14-5-15-27-53/h1-43H. The maximum Gasteiger partial charge on any atom is 0.179 e. The second kappa shape index (κ2) is 16.4. The Morgan fingerprint density at radius 2 is 0.567 bits per heavy atom. The van der Waals surface area contributed by atoms with Gasteiger partial charge in [0.2, 0.25) is 0 Å². The summed E-state index contributed by atoms with van der Waals surface area (Å²) in [5.41, 5.74) is 10.6. The molecule has 284 valence electrons. The van der Waals surface area contributed by atoms with Crippen LogP contribution in [-0.2, 0) is 0 Å². The van der Waals surface area contributed by atoms with Crippen LogP contribution < -0.4 is 25.6 Å². The van der Waals surface area contributed by atoms with Gasteiger partial charge in [0.1, 0.15) is 0 Å². The molecule has 0 saturated carbocycles. The first-order chi connectivity index (χ1) is 29.8. The Morgan fingerprint density at radius 3 is 1.03 bits per heavy atom. The fourth-order valence-corrected chi connectivity index (χ4v) is 13.7. The number of hydrogen-bond donors (Lipinski definition) is 0. The predicted octanol–water partition coefficient (Wildman–Crippen LogP) is 12.7. The van der Waals surface area contributed by atoms with Crippen LogP contribution in [0.5, 0.6) is 0 Å².